The van der Waals surface area contributed by atoms with Gasteiger partial charge in [-0.3, -0.25) is 4.21 Å². The zero-order chi connectivity index (χ0) is 24.2. The number of aryl methyl sites for hydroxylation is 1. The molecule has 1 aromatic heterocycles. The average Bonchev–Trinajstić information content (AvgIpc) is 3.08. The van der Waals surface area contributed by atoms with E-state index in [4.69, 9.17) is 0 Å². The molecule has 0 radical (unpaired) electrons. The summed E-state index contributed by atoms with van der Waals surface area (Å²) in [7, 11) is -4.64. The highest BCUT2D eigenvalue weighted by Crippen LogP contribution is 2.31. The third-order valence-corrected chi connectivity index (χ3v) is 7.53. The van der Waals surface area contributed by atoms with Gasteiger partial charge in [0, 0.05) is 39.9 Å². The number of nitrogens with zero attached hydrogens (tertiary/aromatic N) is 2. The van der Waals surface area contributed by atoms with E-state index in [2.05, 4.69) is 4.84 Å². The SMILES string of the molecule is Cc1c(CCS(=O)CCO[N+](=O)[O-])cc(-c2ccc(S(C)(=O)=O)cc2)n1-c1ccc(F)cc1. The second-order valence-corrected chi connectivity index (χ2v) is 11.1. The molecule has 0 aliphatic rings. The molecule has 0 spiro atoms. The summed E-state index contributed by atoms with van der Waals surface area (Å²) in [6.45, 7) is 1.67. The number of sulfone groups is 1. The Bertz CT molecular complexity index is 1270. The van der Waals surface area contributed by atoms with Crippen molar-refractivity contribution < 1.29 is 26.9 Å². The molecule has 0 aliphatic carbocycles. The van der Waals surface area contributed by atoms with E-state index < -0.39 is 25.7 Å². The fraction of sp³-hybridized carbons (Fsp3) is 0.273. The molecule has 0 saturated heterocycles. The first kappa shape index (κ1) is 24.6. The molecule has 3 rings (SSSR count). The number of hydrogen-bond acceptors (Lipinski definition) is 6. The lowest BCUT2D eigenvalue weighted by atomic mass is 10.1. The molecule has 8 nitrogen and oxygen atoms in total. The Morgan fingerprint density at radius 1 is 1.09 bits per heavy atom. The zero-order valence-electron chi connectivity index (χ0n) is 18.1. The first-order valence-electron chi connectivity index (χ1n) is 9.96. The van der Waals surface area contributed by atoms with Crippen molar-refractivity contribution in [3.8, 4) is 16.9 Å². The van der Waals surface area contributed by atoms with Gasteiger partial charge in [-0.1, -0.05) is 12.1 Å². The fourth-order valence-corrected chi connectivity index (χ4v) is 4.99. The maximum atomic E-state index is 13.5. The molecule has 1 atom stereocenters. The number of rotatable bonds is 10. The second kappa shape index (κ2) is 10.3. The van der Waals surface area contributed by atoms with Crippen LogP contribution in [0.4, 0.5) is 4.39 Å². The highest BCUT2D eigenvalue weighted by Gasteiger charge is 2.17. The summed E-state index contributed by atoms with van der Waals surface area (Å²) >= 11 is 0. The fourth-order valence-electron chi connectivity index (χ4n) is 3.45. The first-order valence-corrected chi connectivity index (χ1v) is 13.3. The third-order valence-electron chi connectivity index (χ3n) is 5.12. The summed E-state index contributed by atoms with van der Waals surface area (Å²) in [5.74, 6) is -0.0180. The normalized spacial score (nSPS) is 12.5. The molecule has 0 fully saturated rings. The molecule has 0 saturated carbocycles. The number of hydrogen-bond donors (Lipinski definition) is 0. The van der Waals surface area contributed by atoms with E-state index in [-0.39, 0.29) is 23.1 Å². The predicted octanol–water partition coefficient (Wildman–Crippen LogP) is 3.49. The van der Waals surface area contributed by atoms with E-state index in [1.54, 1.807) is 24.3 Å². The minimum atomic E-state index is -3.34. The van der Waals surface area contributed by atoms with Crippen molar-refractivity contribution in [3.63, 3.8) is 0 Å². The number of benzene rings is 2. The van der Waals surface area contributed by atoms with Gasteiger partial charge in [0.1, 0.15) is 12.4 Å². The van der Waals surface area contributed by atoms with Crippen molar-refractivity contribution in [3.05, 3.63) is 81.8 Å². The van der Waals surface area contributed by atoms with Gasteiger partial charge in [-0.15, -0.1) is 10.1 Å². The van der Waals surface area contributed by atoms with E-state index in [0.717, 1.165) is 34.5 Å². The largest absolute Gasteiger partial charge is 0.314 e. The van der Waals surface area contributed by atoms with Crippen LogP contribution in [0.15, 0.2) is 59.5 Å². The van der Waals surface area contributed by atoms with Crippen LogP contribution in [-0.2, 0) is 31.9 Å². The molecule has 176 valence electrons. The van der Waals surface area contributed by atoms with Crippen molar-refractivity contribution >= 4 is 20.6 Å². The van der Waals surface area contributed by atoms with E-state index >= 15 is 0 Å². The van der Waals surface area contributed by atoms with Crippen molar-refractivity contribution in [1.82, 2.24) is 4.57 Å². The summed E-state index contributed by atoms with van der Waals surface area (Å²) in [6, 6.07) is 14.4. The van der Waals surface area contributed by atoms with Crippen LogP contribution in [0.2, 0.25) is 0 Å². The smallest absolute Gasteiger partial charge is 0.294 e. The number of halogens is 1. The van der Waals surface area contributed by atoms with Gasteiger partial charge < -0.3 is 9.40 Å². The van der Waals surface area contributed by atoms with Crippen molar-refractivity contribution in [2.24, 2.45) is 0 Å². The lowest BCUT2D eigenvalue weighted by molar-refractivity contribution is -0.756. The molecule has 33 heavy (non-hydrogen) atoms. The summed E-state index contributed by atoms with van der Waals surface area (Å²) in [5, 5.41) is 9.33. The van der Waals surface area contributed by atoms with Crippen LogP contribution in [0, 0.1) is 22.9 Å². The molecule has 3 aromatic rings. The van der Waals surface area contributed by atoms with Gasteiger partial charge in [-0.05, 0) is 66.9 Å². The second-order valence-electron chi connectivity index (χ2n) is 7.40. The van der Waals surface area contributed by atoms with E-state index in [0.29, 0.717) is 12.2 Å². The van der Waals surface area contributed by atoms with E-state index in [1.807, 2.05) is 17.6 Å². The Balaban J connectivity index is 1.93. The maximum absolute atomic E-state index is 13.5. The molecule has 2 aromatic carbocycles. The maximum Gasteiger partial charge on any atom is 0.294 e. The zero-order valence-corrected chi connectivity index (χ0v) is 19.7. The Labute approximate surface area is 193 Å². The predicted molar refractivity (Wildman–Crippen MR) is 124 cm³/mol. The van der Waals surface area contributed by atoms with Crippen LogP contribution in [0.3, 0.4) is 0 Å². The number of aromatic nitrogens is 1. The topological polar surface area (TPSA) is 109 Å². The van der Waals surface area contributed by atoms with Crippen LogP contribution in [0.1, 0.15) is 11.3 Å². The summed E-state index contributed by atoms with van der Waals surface area (Å²) in [5.41, 5.74) is 4.04. The monoisotopic (exact) mass is 494 g/mol. The molecular weight excluding hydrogens is 471 g/mol. The average molecular weight is 495 g/mol. The Hall–Kier alpha value is -3.05. The van der Waals surface area contributed by atoms with Gasteiger partial charge in [0.25, 0.3) is 5.09 Å². The van der Waals surface area contributed by atoms with Gasteiger partial charge in [0.15, 0.2) is 9.84 Å². The molecular formula is C22H23FN2O6S2. The minimum absolute atomic E-state index is 0.0541. The molecule has 11 heteroatoms. The molecule has 1 unspecified atom stereocenters. The standard InChI is InChI=1S/C22H23FN2O6S2/c1-16-18(11-13-32(28)14-12-31-25(26)27)15-22(24(16)20-7-5-19(23)6-8-20)17-3-9-21(10-4-17)33(2,29)30/h3-10,15H,11-14H2,1-2H3. The van der Waals surface area contributed by atoms with Crippen LogP contribution in [0.5, 0.6) is 0 Å². The van der Waals surface area contributed by atoms with Gasteiger partial charge >= 0.3 is 0 Å². The van der Waals surface area contributed by atoms with E-state index in [1.165, 1.54) is 24.3 Å². The lowest BCUT2D eigenvalue weighted by Crippen LogP contribution is -2.13. The van der Waals surface area contributed by atoms with Crippen LogP contribution in [0.25, 0.3) is 16.9 Å². The highest BCUT2D eigenvalue weighted by molar-refractivity contribution is 7.90. The van der Waals surface area contributed by atoms with Crippen LogP contribution < -0.4 is 0 Å². The summed E-state index contributed by atoms with van der Waals surface area (Å²) in [4.78, 5) is 14.7. The molecule has 1 heterocycles. The third kappa shape index (κ3) is 6.26. The molecule has 0 bridgehead atoms. The Morgan fingerprint density at radius 3 is 2.30 bits per heavy atom. The Kier molecular flexibility index (Phi) is 7.65. The van der Waals surface area contributed by atoms with Gasteiger partial charge in [0.2, 0.25) is 0 Å². The van der Waals surface area contributed by atoms with Gasteiger partial charge in [0.05, 0.1) is 10.6 Å². The quantitative estimate of drug-likeness (QED) is 0.315. The lowest BCUT2D eigenvalue weighted by Gasteiger charge is -2.13. The van der Waals surface area contributed by atoms with Crippen molar-refractivity contribution in [2.75, 3.05) is 24.4 Å². The summed E-state index contributed by atoms with van der Waals surface area (Å²) in [6.07, 6.45) is 1.60. The van der Waals surface area contributed by atoms with E-state index in [9.17, 15) is 27.1 Å². The van der Waals surface area contributed by atoms with Crippen LogP contribution >= 0.6 is 0 Å². The molecule has 0 amide bonds. The highest BCUT2D eigenvalue weighted by atomic mass is 32.2. The van der Waals surface area contributed by atoms with Crippen LogP contribution in [-0.4, -0.2) is 46.6 Å². The first-order chi connectivity index (χ1) is 15.6. The van der Waals surface area contributed by atoms with Crippen molar-refractivity contribution in [1.29, 1.82) is 0 Å². The Morgan fingerprint density at radius 2 is 1.73 bits per heavy atom. The minimum Gasteiger partial charge on any atom is -0.314 e. The molecule has 0 aliphatic heterocycles. The summed E-state index contributed by atoms with van der Waals surface area (Å²) < 4.78 is 51.3. The van der Waals surface area contributed by atoms with Gasteiger partial charge in [-0.25, -0.2) is 12.8 Å². The molecule has 0 N–H and O–H groups in total. The van der Waals surface area contributed by atoms with Gasteiger partial charge in [-0.2, -0.15) is 0 Å². The van der Waals surface area contributed by atoms with Crippen molar-refractivity contribution in [2.45, 2.75) is 18.2 Å².